The maximum Gasteiger partial charge on any atom is 0.251 e. The number of benzene rings is 1. The minimum atomic E-state index is -3.74. The summed E-state index contributed by atoms with van der Waals surface area (Å²) in [5, 5.41) is 2.93. The lowest BCUT2D eigenvalue weighted by Gasteiger charge is -2.31. The van der Waals surface area contributed by atoms with Gasteiger partial charge in [0.25, 0.3) is 5.91 Å². The normalized spacial score (nSPS) is 11.9. The lowest BCUT2D eigenvalue weighted by Crippen LogP contribution is -2.52. The Labute approximate surface area is 149 Å². The standard InChI is InChI=1S/C17H27N3O4S/c1-5-17(6-2,12-18)19-16(22)13-7-9-14(10-8-13)25(23,24)11-15(21)20(3)4/h7-10H,5-6,11-12,18H2,1-4H3,(H,19,22). The smallest absolute Gasteiger partial charge is 0.251 e. The molecular weight excluding hydrogens is 342 g/mol. The summed E-state index contributed by atoms with van der Waals surface area (Å²) < 4.78 is 24.5. The van der Waals surface area contributed by atoms with Crippen LogP contribution in [0.15, 0.2) is 29.2 Å². The van der Waals surface area contributed by atoms with Crippen molar-refractivity contribution in [2.24, 2.45) is 5.73 Å². The molecular formula is C17H27N3O4S. The zero-order chi connectivity index (χ0) is 19.3. The third-order valence-electron chi connectivity index (χ3n) is 4.41. The van der Waals surface area contributed by atoms with Gasteiger partial charge < -0.3 is 16.0 Å². The molecule has 0 aliphatic rings. The highest BCUT2D eigenvalue weighted by molar-refractivity contribution is 7.92. The Bertz CT molecular complexity index is 700. The van der Waals surface area contributed by atoms with E-state index in [1.807, 2.05) is 13.8 Å². The first kappa shape index (κ1) is 21.1. The highest BCUT2D eigenvalue weighted by Crippen LogP contribution is 2.16. The lowest BCUT2D eigenvalue weighted by atomic mass is 9.92. The molecule has 2 amide bonds. The van der Waals surface area contributed by atoms with Crippen LogP contribution in [0.25, 0.3) is 0 Å². The summed E-state index contributed by atoms with van der Waals surface area (Å²) in [6.07, 6.45) is 1.40. The minimum absolute atomic E-state index is 0.00956. The second kappa shape index (κ2) is 8.44. The van der Waals surface area contributed by atoms with Crippen LogP contribution in [0, 0.1) is 0 Å². The first-order valence-electron chi connectivity index (χ1n) is 8.16. The van der Waals surface area contributed by atoms with Crippen molar-refractivity contribution in [3.63, 3.8) is 0 Å². The van der Waals surface area contributed by atoms with Gasteiger partial charge in [0.05, 0.1) is 10.4 Å². The molecule has 0 fully saturated rings. The fourth-order valence-electron chi connectivity index (χ4n) is 2.27. The average molecular weight is 369 g/mol. The van der Waals surface area contributed by atoms with Crippen molar-refractivity contribution < 1.29 is 18.0 Å². The molecule has 0 unspecified atom stereocenters. The molecule has 1 aromatic carbocycles. The third-order valence-corrected chi connectivity index (χ3v) is 6.03. The molecule has 1 aromatic rings. The molecule has 0 aliphatic heterocycles. The number of hydrogen-bond acceptors (Lipinski definition) is 5. The van der Waals surface area contributed by atoms with Crippen LogP contribution >= 0.6 is 0 Å². The zero-order valence-corrected chi connectivity index (χ0v) is 16.0. The number of rotatable bonds is 8. The molecule has 0 saturated heterocycles. The van der Waals surface area contributed by atoms with Gasteiger partial charge >= 0.3 is 0 Å². The molecule has 7 nitrogen and oxygen atoms in total. The van der Waals surface area contributed by atoms with Crippen molar-refractivity contribution >= 4 is 21.7 Å². The number of hydrogen-bond donors (Lipinski definition) is 2. The maximum atomic E-state index is 12.4. The fraction of sp³-hybridized carbons (Fsp3) is 0.529. The van der Waals surface area contributed by atoms with Crippen molar-refractivity contribution in [3.8, 4) is 0 Å². The molecule has 1 rings (SSSR count). The largest absolute Gasteiger partial charge is 0.348 e. The fourth-order valence-corrected chi connectivity index (χ4v) is 3.57. The van der Waals surface area contributed by atoms with E-state index in [0.29, 0.717) is 24.9 Å². The van der Waals surface area contributed by atoms with Gasteiger partial charge in [0.1, 0.15) is 5.75 Å². The summed E-state index contributed by atoms with van der Waals surface area (Å²) >= 11 is 0. The van der Waals surface area contributed by atoms with Crippen LogP contribution in [-0.4, -0.2) is 57.1 Å². The van der Waals surface area contributed by atoms with E-state index in [-0.39, 0.29) is 10.8 Å². The monoisotopic (exact) mass is 369 g/mol. The molecule has 0 spiro atoms. The predicted molar refractivity (Wildman–Crippen MR) is 97.0 cm³/mol. The molecule has 0 heterocycles. The van der Waals surface area contributed by atoms with Crippen molar-refractivity contribution in [1.29, 1.82) is 0 Å². The maximum absolute atomic E-state index is 12.4. The van der Waals surface area contributed by atoms with E-state index in [1.54, 1.807) is 0 Å². The van der Waals surface area contributed by atoms with Gasteiger partial charge in [-0.15, -0.1) is 0 Å². The summed E-state index contributed by atoms with van der Waals surface area (Å²) in [7, 11) is -0.746. The van der Waals surface area contributed by atoms with Gasteiger partial charge in [-0.1, -0.05) is 13.8 Å². The van der Waals surface area contributed by atoms with Gasteiger partial charge in [-0.05, 0) is 37.1 Å². The number of carbonyl (C=O) groups excluding carboxylic acids is 2. The molecule has 25 heavy (non-hydrogen) atoms. The molecule has 8 heteroatoms. The van der Waals surface area contributed by atoms with Gasteiger partial charge in [-0.25, -0.2) is 8.42 Å². The van der Waals surface area contributed by atoms with E-state index in [1.165, 1.54) is 43.3 Å². The van der Waals surface area contributed by atoms with Crippen LogP contribution < -0.4 is 11.1 Å². The number of sulfone groups is 1. The molecule has 0 atom stereocenters. The van der Waals surface area contributed by atoms with Gasteiger partial charge in [0.2, 0.25) is 5.91 Å². The number of amides is 2. The van der Waals surface area contributed by atoms with Crippen molar-refractivity contribution in [2.45, 2.75) is 37.1 Å². The quantitative estimate of drug-likeness (QED) is 0.704. The van der Waals surface area contributed by atoms with Gasteiger partial charge in [0, 0.05) is 26.2 Å². The van der Waals surface area contributed by atoms with E-state index < -0.39 is 27.0 Å². The summed E-state index contributed by atoms with van der Waals surface area (Å²) in [6.45, 7) is 4.23. The molecule has 0 radical (unpaired) electrons. The Balaban J connectivity index is 2.96. The highest BCUT2D eigenvalue weighted by atomic mass is 32.2. The topological polar surface area (TPSA) is 110 Å². The minimum Gasteiger partial charge on any atom is -0.348 e. The molecule has 0 bridgehead atoms. The van der Waals surface area contributed by atoms with Gasteiger partial charge in [0.15, 0.2) is 9.84 Å². The SMILES string of the molecule is CCC(CC)(CN)NC(=O)c1ccc(S(=O)(=O)CC(=O)N(C)C)cc1. The van der Waals surface area contributed by atoms with Crippen molar-refractivity contribution in [3.05, 3.63) is 29.8 Å². The van der Waals surface area contributed by atoms with Gasteiger partial charge in [-0.2, -0.15) is 0 Å². The summed E-state index contributed by atoms with van der Waals surface area (Å²) in [5.41, 5.74) is 5.65. The van der Waals surface area contributed by atoms with E-state index >= 15 is 0 Å². The molecule has 140 valence electrons. The molecule has 0 aliphatic carbocycles. The molecule has 3 N–H and O–H groups in total. The number of nitrogens with one attached hydrogen (secondary N) is 1. The Hall–Kier alpha value is -1.93. The molecule has 0 aromatic heterocycles. The van der Waals surface area contributed by atoms with E-state index in [9.17, 15) is 18.0 Å². The predicted octanol–water partition coefficient (Wildman–Crippen LogP) is 0.796. The van der Waals surface area contributed by atoms with Crippen LogP contribution in [0.5, 0.6) is 0 Å². The van der Waals surface area contributed by atoms with Gasteiger partial charge in [-0.3, -0.25) is 9.59 Å². The Morgan fingerprint density at radius 3 is 2.04 bits per heavy atom. The summed E-state index contributed by atoms with van der Waals surface area (Å²) in [4.78, 5) is 25.3. The van der Waals surface area contributed by atoms with E-state index in [4.69, 9.17) is 5.73 Å². The second-order valence-electron chi connectivity index (χ2n) is 6.22. The van der Waals surface area contributed by atoms with Crippen LogP contribution in [0.1, 0.15) is 37.0 Å². The third kappa shape index (κ3) is 5.27. The Morgan fingerprint density at radius 2 is 1.64 bits per heavy atom. The van der Waals surface area contributed by atoms with Crippen LogP contribution in [-0.2, 0) is 14.6 Å². The number of nitrogens with zero attached hydrogens (tertiary/aromatic N) is 1. The lowest BCUT2D eigenvalue weighted by molar-refractivity contribution is -0.125. The van der Waals surface area contributed by atoms with Crippen LogP contribution in [0.3, 0.4) is 0 Å². The molecule has 0 saturated carbocycles. The van der Waals surface area contributed by atoms with E-state index in [0.717, 1.165) is 0 Å². The Morgan fingerprint density at radius 1 is 1.12 bits per heavy atom. The van der Waals surface area contributed by atoms with Crippen molar-refractivity contribution in [1.82, 2.24) is 10.2 Å². The zero-order valence-electron chi connectivity index (χ0n) is 15.2. The number of carbonyl (C=O) groups is 2. The van der Waals surface area contributed by atoms with E-state index in [2.05, 4.69) is 5.32 Å². The average Bonchev–Trinajstić information content (AvgIpc) is 2.59. The van der Waals surface area contributed by atoms with Crippen molar-refractivity contribution in [2.75, 3.05) is 26.4 Å². The summed E-state index contributed by atoms with van der Waals surface area (Å²) in [5.74, 6) is -1.41. The number of nitrogens with two attached hydrogens (primary N) is 1. The first-order chi connectivity index (χ1) is 11.6. The summed E-state index contributed by atoms with van der Waals surface area (Å²) in [6, 6.07) is 5.56. The second-order valence-corrected chi connectivity index (χ2v) is 8.21. The van der Waals surface area contributed by atoms with Crippen LogP contribution in [0.2, 0.25) is 0 Å². The van der Waals surface area contributed by atoms with Crippen LogP contribution in [0.4, 0.5) is 0 Å². The Kier molecular flexibility index (Phi) is 7.13. The first-order valence-corrected chi connectivity index (χ1v) is 9.81. The highest BCUT2D eigenvalue weighted by Gasteiger charge is 2.27.